The van der Waals surface area contributed by atoms with Gasteiger partial charge < -0.3 is 11.1 Å². The molecule has 3 N–H and O–H groups in total. The molecule has 2 amide bonds. The number of carbonyl (C=O) groups is 2. The van der Waals surface area contributed by atoms with E-state index in [4.69, 9.17) is 5.73 Å². The van der Waals surface area contributed by atoms with Gasteiger partial charge in [-0.05, 0) is 23.8 Å². The van der Waals surface area contributed by atoms with Gasteiger partial charge in [0, 0.05) is 24.5 Å². The minimum absolute atomic E-state index is 0.0523. The Hall–Kier alpha value is -3.28. The molecule has 0 aliphatic rings. The molecular formula is C18H16N4O2. The van der Waals surface area contributed by atoms with Crippen LogP contribution in [0.4, 0.5) is 5.69 Å². The lowest BCUT2D eigenvalue weighted by Gasteiger charge is -2.16. The molecule has 0 bridgehead atoms. The first-order chi connectivity index (χ1) is 11.6. The summed E-state index contributed by atoms with van der Waals surface area (Å²) in [6, 6.07) is 14.4. The van der Waals surface area contributed by atoms with Crippen molar-refractivity contribution in [3.8, 4) is 0 Å². The van der Waals surface area contributed by atoms with E-state index in [1.54, 1.807) is 42.7 Å². The summed E-state index contributed by atoms with van der Waals surface area (Å²) < 4.78 is 0. The number of rotatable bonds is 5. The lowest BCUT2D eigenvalue weighted by Crippen LogP contribution is -2.26. The van der Waals surface area contributed by atoms with E-state index in [0.717, 1.165) is 11.1 Å². The van der Waals surface area contributed by atoms with Gasteiger partial charge in [-0.3, -0.25) is 19.6 Å². The average molecular weight is 320 g/mol. The highest BCUT2D eigenvalue weighted by molar-refractivity contribution is 5.99. The van der Waals surface area contributed by atoms with Gasteiger partial charge >= 0.3 is 0 Å². The molecule has 1 unspecified atom stereocenters. The predicted molar refractivity (Wildman–Crippen MR) is 91.2 cm³/mol. The Morgan fingerprint density at radius 3 is 2.42 bits per heavy atom. The highest BCUT2D eigenvalue weighted by Crippen LogP contribution is 2.23. The number of benzene rings is 2. The number of hydrogen-bond donors (Lipinski definition) is 2. The number of carbonyl (C=O) groups excluding carboxylic acids is 2. The van der Waals surface area contributed by atoms with Crippen LogP contribution < -0.4 is 11.1 Å². The van der Waals surface area contributed by atoms with Crippen LogP contribution in [0.2, 0.25) is 0 Å². The van der Waals surface area contributed by atoms with E-state index in [0.29, 0.717) is 11.2 Å². The number of nitrogens with one attached hydrogen (secondary N) is 1. The molecule has 0 fully saturated rings. The molecule has 0 radical (unpaired) electrons. The van der Waals surface area contributed by atoms with Crippen LogP contribution in [0.1, 0.15) is 17.9 Å². The molecule has 0 spiro atoms. The second kappa shape index (κ2) is 6.87. The van der Waals surface area contributed by atoms with E-state index in [2.05, 4.69) is 15.3 Å². The summed E-state index contributed by atoms with van der Waals surface area (Å²) in [5, 5.41) is 2.82. The Kier molecular flexibility index (Phi) is 4.47. The van der Waals surface area contributed by atoms with Crippen molar-refractivity contribution in [3.05, 3.63) is 66.5 Å². The molecule has 0 saturated carbocycles. The van der Waals surface area contributed by atoms with Gasteiger partial charge in [-0.2, -0.15) is 0 Å². The Balaban J connectivity index is 1.85. The van der Waals surface area contributed by atoms with Gasteiger partial charge in [-0.15, -0.1) is 0 Å². The van der Waals surface area contributed by atoms with Gasteiger partial charge in [-0.25, -0.2) is 0 Å². The lowest BCUT2D eigenvalue weighted by atomic mass is 9.94. The van der Waals surface area contributed by atoms with Crippen LogP contribution in [-0.4, -0.2) is 21.8 Å². The van der Waals surface area contributed by atoms with E-state index in [1.807, 2.05) is 18.2 Å². The number of anilines is 1. The zero-order valence-corrected chi connectivity index (χ0v) is 12.8. The largest absolute Gasteiger partial charge is 0.370 e. The third-order valence-corrected chi connectivity index (χ3v) is 3.66. The lowest BCUT2D eigenvalue weighted by molar-refractivity contribution is -0.123. The Bertz CT molecular complexity index is 880. The second-order valence-corrected chi connectivity index (χ2v) is 5.38. The van der Waals surface area contributed by atoms with Gasteiger partial charge in [0.25, 0.3) is 0 Å². The first kappa shape index (κ1) is 15.6. The molecule has 3 rings (SSSR count). The maximum absolute atomic E-state index is 12.6. The number of aromatic nitrogens is 2. The number of nitrogens with zero attached hydrogens (tertiary/aromatic N) is 2. The molecule has 0 saturated heterocycles. The molecule has 2 aromatic carbocycles. The van der Waals surface area contributed by atoms with Gasteiger partial charge in [0.2, 0.25) is 11.8 Å². The molecule has 1 heterocycles. The van der Waals surface area contributed by atoms with Crippen molar-refractivity contribution in [1.82, 2.24) is 9.97 Å². The smallest absolute Gasteiger partial charge is 0.232 e. The summed E-state index contributed by atoms with van der Waals surface area (Å²) in [7, 11) is 0. The fourth-order valence-electron chi connectivity index (χ4n) is 2.52. The van der Waals surface area contributed by atoms with Crippen molar-refractivity contribution in [2.75, 3.05) is 5.32 Å². The van der Waals surface area contributed by atoms with Crippen molar-refractivity contribution < 1.29 is 9.59 Å². The molecule has 0 aliphatic heterocycles. The molecule has 1 atom stereocenters. The highest BCUT2D eigenvalue weighted by atomic mass is 16.2. The summed E-state index contributed by atoms with van der Waals surface area (Å²) >= 11 is 0. The van der Waals surface area contributed by atoms with E-state index < -0.39 is 11.8 Å². The van der Waals surface area contributed by atoms with Crippen LogP contribution in [0.3, 0.4) is 0 Å². The molecule has 1 aromatic heterocycles. The first-order valence-electron chi connectivity index (χ1n) is 7.48. The van der Waals surface area contributed by atoms with E-state index >= 15 is 0 Å². The van der Waals surface area contributed by atoms with Gasteiger partial charge in [0.15, 0.2) is 0 Å². The fraction of sp³-hybridized carbons (Fsp3) is 0.111. The molecule has 3 aromatic rings. The van der Waals surface area contributed by atoms with Crippen molar-refractivity contribution in [1.29, 1.82) is 0 Å². The van der Waals surface area contributed by atoms with Crippen molar-refractivity contribution in [3.63, 3.8) is 0 Å². The molecular weight excluding hydrogens is 304 g/mol. The van der Waals surface area contributed by atoms with Crippen LogP contribution >= 0.6 is 0 Å². The zero-order chi connectivity index (χ0) is 16.9. The fourth-order valence-corrected chi connectivity index (χ4v) is 2.52. The number of amides is 2. The van der Waals surface area contributed by atoms with Crippen LogP contribution in [0.5, 0.6) is 0 Å². The third-order valence-electron chi connectivity index (χ3n) is 3.66. The molecule has 0 aliphatic carbocycles. The zero-order valence-electron chi connectivity index (χ0n) is 12.8. The molecule has 24 heavy (non-hydrogen) atoms. The van der Waals surface area contributed by atoms with Crippen LogP contribution in [0.15, 0.2) is 60.9 Å². The molecule has 120 valence electrons. The SMILES string of the molecule is NC(=O)CC(C(=O)Nc1ccc2nccnc2c1)c1ccccc1. The topological polar surface area (TPSA) is 98.0 Å². The van der Waals surface area contributed by atoms with Crippen LogP contribution in [0.25, 0.3) is 11.0 Å². The Labute approximate surface area is 138 Å². The highest BCUT2D eigenvalue weighted by Gasteiger charge is 2.22. The summed E-state index contributed by atoms with van der Waals surface area (Å²) in [5.41, 5.74) is 8.06. The summed E-state index contributed by atoms with van der Waals surface area (Å²) in [6.45, 7) is 0. The summed E-state index contributed by atoms with van der Waals surface area (Å²) in [4.78, 5) is 32.4. The normalized spacial score (nSPS) is 11.8. The Morgan fingerprint density at radius 1 is 1.00 bits per heavy atom. The predicted octanol–water partition coefficient (Wildman–Crippen LogP) is 2.23. The second-order valence-electron chi connectivity index (χ2n) is 5.38. The molecule has 6 nitrogen and oxygen atoms in total. The van der Waals surface area contributed by atoms with Crippen molar-refractivity contribution >= 4 is 28.5 Å². The van der Waals surface area contributed by atoms with Crippen LogP contribution in [0, 0.1) is 0 Å². The van der Waals surface area contributed by atoms with Gasteiger partial charge in [0.1, 0.15) is 0 Å². The monoisotopic (exact) mass is 320 g/mol. The molecule has 6 heteroatoms. The first-order valence-corrected chi connectivity index (χ1v) is 7.48. The number of primary amides is 1. The quantitative estimate of drug-likeness (QED) is 0.753. The standard InChI is InChI=1S/C18H16N4O2/c19-17(23)11-14(12-4-2-1-3-5-12)18(24)22-13-6-7-15-16(10-13)21-9-8-20-15/h1-10,14H,11H2,(H2,19,23)(H,22,24). The van der Waals surface area contributed by atoms with E-state index in [1.165, 1.54) is 0 Å². The van der Waals surface area contributed by atoms with E-state index in [9.17, 15) is 9.59 Å². The number of fused-ring (bicyclic) bond motifs is 1. The van der Waals surface area contributed by atoms with Crippen molar-refractivity contribution in [2.45, 2.75) is 12.3 Å². The minimum atomic E-state index is -0.638. The van der Waals surface area contributed by atoms with Crippen molar-refractivity contribution in [2.24, 2.45) is 5.73 Å². The van der Waals surface area contributed by atoms with E-state index in [-0.39, 0.29) is 12.3 Å². The average Bonchev–Trinajstić information content (AvgIpc) is 2.60. The minimum Gasteiger partial charge on any atom is -0.370 e. The van der Waals surface area contributed by atoms with Gasteiger partial charge in [0.05, 0.1) is 17.0 Å². The Morgan fingerprint density at radius 2 is 1.71 bits per heavy atom. The maximum atomic E-state index is 12.6. The number of hydrogen-bond acceptors (Lipinski definition) is 4. The third kappa shape index (κ3) is 3.55. The van der Waals surface area contributed by atoms with Gasteiger partial charge in [-0.1, -0.05) is 30.3 Å². The summed E-state index contributed by atoms with van der Waals surface area (Å²) in [6.07, 6.45) is 3.15. The summed E-state index contributed by atoms with van der Waals surface area (Å²) in [5.74, 6) is -1.45. The van der Waals surface area contributed by atoms with Crippen LogP contribution in [-0.2, 0) is 9.59 Å². The maximum Gasteiger partial charge on any atom is 0.232 e. The number of nitrogens with two attached hydrogens (primary N) is 1.